The van der Waals surface area contributed by atoms with Gasteiger partial charge in [-0.05, 0) is 13.8 Å². The number of H-pyrrole nitrogens is 1. The molecule has 7 nitrogen and oxygen atoms in total. The van der Waals surface area contributed by atoms with E-state index in [9.17, 15) is 4.79 Å². The van der Waals surface area contributed by atoms with Gasteiger partial charge in [0.1, 0.15) is 0 Å². The Hall–Kier alpha value is -1.93. The van der Waals surface area contributed by atoms with Crippen molar-refractivity contribution in [1.82, 2.24) is 15.0 Å². The predicted molar refractivity (Wildman–Crippen MR) is 85.1 cm³/mol. The highest BCUT2D eigenvalue weighted by molar-refractivity contribution is 7.18. The Morgan fingerprint density at radius 1 is 1.48 bits per heavy atom. The van der Waals surface area contributed by atoms with E-state index >= 15 is 0 Å². The minimum Gasteiger partial charge on any atom is -0.383 e. The highest BCUT2D eigenvalue weighted by Gasteiger charge is 2.09. The maximum atomic E-state index is 11.7. The van der Waals surface area contributed by atoms with Crippen molar-refractivity contribution >= 4 is 22.4 Å². The Morgan fingerprint density at radius 2 is 2.29 bits per heavy atom. The van der Waals surface area contributed by atoms with Gasteiger partial charge in [-0.25, -0.2) is 9.97 Å². The van der Waals surface area contributed by atoms with E-state index in [1.54, 1.807) is 13.3 Å². The van der Waals surface area contributed by atoms with Crippen LogP contribution >= 0.6 is 11.3 Å². The molecule has 2 aromatic heterocycles. The molecule has 0 unspecified atom stereocenters. The van der Waals surface area contributed by atoms with Crippen LogP contribution in [0.25, 0.3) is 10.6 Å². The standard InChI is InChI=1S/C13H19N5O2S/c1-8(2)16-13-15-7-10(21-13)9-6-11(19)18-12(17-9)14-4-5-20-3/h6-8H,4-5H2,1-3H3,(H,15,16)(H2,14,17,18,19). The van der Waals surface area contributed by atoms with Gasteiger partial charge in [-0.3, -0.25) is 9.78 Å². The van der Waals surface area contributed by atoms with Gasteiger partial charge in [0, 0.05) is 32.0 Å². The Balaban J connectivity index is 2.18. The monoisotopic (exact) mass is 309 g/mol. The summed E-state index contributed by atoms with van der Waals surface area (Å²) >= 11 is 1.47. The number of aromatic nitrogens is 3. The van der Waals surface area contributed by atoms with Crippen molar-refractivity contribution in [2.45, 2.75) is 19.9 Å². The van der Waals surface area contributed by atoms with Gasteiger partial charge in [-0.1, -0.05) is 11.3 Å². The Bertz CT molecular complexity index is 637. The topological polar surface area (TPSA) is 91.9 Å². The van der Waals surface area contributed by atoms with Gasteiger partial charge >= 0.3 is 0 Å². The normalized spacial score (nSPS) is 10.9. The molecule has 0 bridgehead atoms. The molecule has 2 heterocycles. The van der Waals surface area contributed by atoms with Crippen molar-refractivity contribution in [3.8, 4) is 10.6 Å². The van der Waals surface area contributed by atoms with Crippen LogP contribution in [-0.4, -0.2) is 41.3 Å². The second-order valence-corrected chi connectivity index (χ2v) is 5.76. The van der Waals surface area contributed by atoms with Gasteiger partial charge in [0.2, 0.25) is 5.95 Å². The molecule has 0 radical (unpaired) electrons. The summed E-state index contributed by atoms with van der Waals surface area (Å²) in [6.07, 6.45) is 1.72. The average Bonchev–Trinajstić information content (AvgIpc) is 2.86. The Morgan fingerprint density at radius 3 is 3.00 bits per heavy atom. The quantitative estimate of drug-likeness (QED) is 0.675. The van der Waals surface area contributed by atoms with Gasteiger partial charge in [-0.15, -0.1) is 0 Å². The van der Waals surface area contributed by atoms with Crippen LogP contribution in [0.3, 0.4) is 0 Å². The number of aromatic amines is 1. The molecular formula is C13H19N5O2S. The van der Waals surface area contributed by atoms with Crippen LogP contribution in [0.4, 0.5) is 11.1 Å². The summed E-state index contributed by atoms with van der Waals surface area (Å²) in [7, 11) is 1.62. The molecule has 0 amide bonds. The third kappa shape index (κ3) is 4.54. The number of nitrogens with one attached hydrogen (secondary N) is 3. The van der Waals surface area contributed by atoms with Crippen LogP contribution in [-0.2, 0) is 4.74 Å². The summed E-state index contributed by atoms with van der Waals surface area (Å²) < 4.78 is 4.95. The summed E-state index contributed by atoms with van der Waals surface area (Å²) in [6.45, 7) is 5.21. The second kappa shape index (κ2) is 7.19. The lowest BCUT2D eigenvalue weighted by Gasteiger charge is -2.05. The van der Waals surface area contributed by atoms with E-state index in [0.717, 1.165) is 10.0 Å². The molecular weight excluding hydrogens is 290 g/mol. The van der Waals surface area contributed by atoms with Crippen molar-refractivity contribution in [3.05, 3.63) is 22.6 Å². The number of thiazole rings is 1. The summed E-state index contributed by atoms with van der Waals surface area (Å²) in [6, 6.07) is 1.77. The first kappa shape index (κ1) is 15.5. The molecule has 0 fully saturated rings. The maximum Gasteiger partial charge on any atom is 0.252 e. The maximum absolute atomic E-state index is 11.7. The van der Waals surface area contributed by atoms with E-state index in [1.807, 2.05) is 13.8 Å². The molecule has 0 aromatic carbocycles. The molecule has 0 aliphatic rings. The lowest BCUT2D eigenvalue weighted by atomic mass is 10.3. The van der Waals surface area contributed by atoms with Crippen LogP contribution in [0.5, 0.6) is 0 Å². The largest absolute Gasteiger partial charge is 0.383 e. The number of anilines is 2. The van der Waals surface area contributed by atoms with Crippen LogP contribution < -0.4 is 16.2 Å². The van der Waals surface area contributed by atoms with Crippen molar-refractivity contribution in [1.29, 1.82) is 0 Å². The molecule has 21 heavy (non-hydrogen) atoms. The minimum atomic E-state index is -0.202. The lowest BCUT2D eigenvalue weighted by molar-refractivity contribution is 0.210. The number of nitrogens with zero attached hydrogens (tertiary/aromatic N) is 2. The summed E-state index contributed by atoms with van der Waals surface area (Å²) in [5.74, 6) is 0.432. The van der Waals surface area contributed by atoms with Gasteiger partial charge in [0.15, 0.2) is 5.13 Å². The van der Waals surface area contributed by atoms with Crippen molar-refractivity contribution in [2.24, 2.45) is 0 Å². The van der Waals surface area contributed by atoms with Crippen molar-refractivity contribution in [3.63, 3.8) is 0 Å². The number of hydrogen-bond acceptors (Lipinski definition) is 7. The van der Waals surface area contributed by atoms with E-state index in [1.165, 1.54) is 17.4 Å². The fourth-order valence-corrected chi connectivity index (χ4v) is 2.57. The third-order valence-electron chi connectivity index (χ3n) is 2.51. The third-order valence-corrected chi connectivity index (χ3v) is 3.46. The van der Waals surface area contributed by atoms with E-state index in [0.29, 0.717) is 30.8 Å². The van der Waals surface area contributed by atoms with E-state index in [4.69, 9.17) is 4.74 Å². The zero-order valence-corrected chi connectivity index (χ0v) is 13.1. The minimum absolute atomic E-state index is 0.202. The van der Waals surface area contributed by atoms with E-state index < -0.39 is 0 Å². The van der Waals surface area contributed by atoms with Gasteiger partial charge < -0.3 is 15.4 Å². The molecule has 8 heteroatoms. The summed E-state index contributed by atoms with van der Waals surface area (Å²) in [5, 5.41) is 7.06. The highest BCUT2D eigenvalue weighted by Crippen LogP contribution is 2.27. The Labute approximate surface area is 126 Å². The van der Waals surface area contributed by atoms with Crippen molar-refractivity contribution in [2.75, 3.05) is 30.9 Å². The molecule has 3 N–H and O–H groups in total. The van der Waals surface area contributed by atoms with Gasteiger partial charge in [-0.2, -0.15) is 0 Å². The molecule has 2 aromatic rings. The predicted octanol–water partition coefficient (Wildman–Crippen LogP) is 1.77. The lowest BCUT2D eigenvalue weighted by Crippen LogP contribution is -2.15. The first-order valence-electron chi connectivity index (χ1n) is 6.65. The molecule has 0 saturated heterocycles. The first-order valence-corrected chi connectivity index (χ1v) is 7.47. The van der Waals surface area contributed by atoms with Crippen LogP contribution in [0, 0.1) is 0 Å². The Kier molecular flexibility index (Phi) is 5.29. The molecule has 0 aliphatic carbocycles. The van der Waals surface area contributed by atoms with Crippen molar-refractivity contribution < 1.29 is 4.74 Å². The van der Waals surface area contributed by atoms with Gasteiger partial charge in [0.05, 0.1) is 17.2 Å². The molecule has 0 aliphatic heterocycles. The molecule has 0 atom stereocenters. The number of rotatable bonds is 7. The first-order chi connectivity index (χ1) is 10.1. The summed E-state index contributed by atoms with van der Waals surface area (Å²) in [5.41, 5.74) is 0.402. The zero-order chi connectivity index (χ0) is 15.2. The second-order valence-electron chi connectivity index (χ2n) is 4.73. The molecule has 0 spiro atoms. The number of methoxy groups -OCH3 is 1. The smallest absolute Gasteiger partial charge is 0.252 e. The number of ether oxygens (including phenoxy) is 1. The molecule has 114 valence electrons. The fourth-order valence-electron chi connectivity index (χ4n) is 1.65. The van der Waals surface area contributed by atoms with Gasteiger partial charge in [0.25, 0.3) is 5.56 Å². The van der Waals surface area contributed by atoms with Crippen LogP contribution in [0.15, 0.2) is 17.1 Å². The van der Waals surface area contributed by atoms with E-state index in [2.05, 4.69) is 25.6 Å². The van der Waals surface area contributed by atoms with Crippen LogP contribution in [0.1, 0.15) is 13.8 Å². The molecule has 0 saturated carbocycles. The SMILES string of the molecule is COCCNc1nc(-c2cnc(NC(C)C)s2)cc(=O)[nH]1. The molecule has 2 rings (SSSR count). The highest BCUT2D eigenvalue weighted by atomic mass is 32.1. The number of hydrogen-bond donors (Lipinski definition) is 3. The van der Waals surface area contributed by atoms with Crippen LogP contribution in [0.2, 0.25) is 0 Å². The fraction of sp³-hybridized carbons (Fsp3) is 0.462. The van der Waals surface area contributed by atoms with E-state index in [-0.39, 0.29) is 5.56 Å². The zero-order valence-electron chi connectivity index (χ0n) is 12.3. The average molecular weight is 309 g/mol. The summed E-state index contributed by atoms with van der Waals surface area (Å²) in [4.78, 5) is 23.9.